The number of hydrogen-bond donors (Lipinski definition) is 0. The van der Waals surface area contributed by atoms with E-state index in [0.717, 1.165) is 32.3 Å². The van der Waals surface area contributed by atoms with Crippen molar-refractivity contribution in [2.24, 2.45) is 0 Å². The van der Waals surface area contributed by atoms with E-state index in [0.29, 0.717) is 34.5 Å². The molecule has 54 heavy (non-hydrogen) atoms. The Balaban J connectivity index is 1.28. The molecule has 0 amide bonds. The molecule has 0 N–H and O–H groups in total. The highest BCUT2D eigenvalue weighted by atomic mass is 16.6. The quantitative estimate of drug-likeness (QED) is 0.111. The van der Waals surface area contributed by atoms with Crippen molar-refractivity contribution in [3.8, 4) is 70.2 Å². The Kier molecular flexibility index (Phi) is 7.46. The molecule has 0 aliphatic carbocycles. The lowest BCUT2D eigenvalue weighted by atomic mass is 9.93. The van der Waals surface area contributed by atoms with Crippen molar-refractivity contribution < 1.29 is 54.9 Å². The van der Waals surface area contributed by atoms with Crippen LogP contribution in [0.15, 0.2) is 173 Å². The van der Waals surface area contributed by atoms with Gasteiger partial charge in [-0.25, -0.2) is 0 Å². The lowest BCUT2D eigenvalue weighted by Crippen LogP contribution is -1.95. The summed E-state index contributed by atoms with van der Waals surface area (Å²) in [5, 5.41) is 4.52. The third-order valence-electron chi connectivity index (χ3n) is 8.36. The van der Waals surface area contributed by atoms with Crippen molar-refractivity contribution in [2.45, 2.75) is 0 Å². The van der Waals surface area contributed by atoms with Gasteiger partial charge in [0.15, 0.2) is 34.5 Å². The first-order chi connectivity index (χ1) is 26.7. The molecule has 0 aliphatic heterocycles. The Morgan fingerprint density at radius 2 is 0.407 bits per heavy atom. The summed E-state index contributed by atoms with van der Waals surface area (Å²) in [5.74, 6) is 3.65. The number of furan rings is 6. The highest BCUT2D eigenvalue weighted by molar-refractivity contribution is 6.27. The molecular weight excluding hydrogens is 696 g/mol. The molecule has 0 atom stereocenters. The molecule has 0 fully saturated rings. The zero-order valence-electron chi connectivity index (χ0n) is 27.8. The fourth-order valence-corrected chi connectivity index (χ4v) is 6.08. The summed E-state index contributed by atoms with van der Waals surface area (Å²) >= 11 is 0. The third kappa shape index (κ3) is 5.89. The van der Waals surface area contributed by atoms with E-state index < -0.39 is 0 Å². The molecule has 12 heteroatoms. The van der Waals surface area contributed by atoms with Gasteiger partial charge in [0.05, 0.1) is 37.6 Å². The van der Waals surface area contributed by atoms with Gasteiger partial charge in [-0.2, -0.15) is 0 Å². The second-order valence-corrected chi connectivity index (χ2v) is 11.7. The Hall–Kier alpha value is -7.86. The molecule has 0 saturated carbocycles. The summed E-state index contributed by atoms with van der Waals surface area (Å²) in [6.45, 7) is 0. The number of fused-ring (bicyclic) bond motifs is 6. The average Bonchev–Trinajstić information content (AvgIpc) is 4.02. The largest absolute Gasteiger partial charge is 0.434 e. The van der Waals surface area contributed by atoms with Gasteiger partial charge in [-0.1, -0.05) is 0 Å². The van der Waals surface area contributed by atoms with Crippen LogP contribution in [-0.2, 0) is 0 Å². The molecule has 6 heterocycles. The van der Waals surface area contributed by atoms with Gasteiger partial charge in [0.2, 0.25) is 0 Å². The van der Waals surface area contributed by atoms with Crippen molar-refractivity contribution in [3.05, 3.63) is 147 Å². The van der Waals surface area contributed by atoms with E-state index in [4.69, 9.17) is 54.9 Å². The van der Waals surface area contributed by atoms with Crippen LogP contribution in [0.25, 0.3) is 32.3 Å². The van der Waals surface area contributed by atoms with Crippen LogP contribution in [0, 0.1) is 0 Å². The van der Waals surface area contributed by atoms with Crippen LogP contribution in [0.2, 0.25) is 0 Å². The molecule has 10 aromatic rings. The molecule has 0 bridgehead atoms. The van der Waals surface area contributed by atoms with Crippen molar-refractivity contribution in [3.63, 3.8) is 0 Å². The maximum absolute atomic E-state index is 6.26. The molecule has 0 saturated heterocycles. The van der Waals surface area contributed by atoms with Gasteiger partial charge in [-0.3, -0.25) is 0 Å². The van der Waals surface area contributed by atoms with E-state index in [2.05, 4.69) is 0 Å². The van der Waals surface area contributed by atoms with E-state index in [-0.39, 0.29) is 35.7 Å². The maximum Gasteiger partial charge on any atom is 0.289 e. The number of rotatable bonds is 12. The molecule has 0 radical (unpaired) electrons. The Labute approximate surface area is 303 Å². The van der Waals surface area contributed by atoms with Crippen molar-refractivity contribution in [2.75, 3.05) is 0 Å². The molecule has 0 spiro atoms. The van der Waals surface area contributed by atoms with Gasteiger partial charge in [0, 0.05) is 36.4 Å². The van der Waals surface area contributed by atoms with Crippen LogP contribution >= 0.6 is 0 Å². The summed E-state index contributed by atoms with van der Waals surface area (Å²) in [7, 11) is 0. The fraction of sp³-hybridized carbons (Fsp3) is 0. The fourth-order valence-electron chi connectivity index (χ4n) is 6.08. The third-order valence-corrected chi connectivity index (χ3v) is 8.36. The average molecular weight is 721 g/mol. The number of ether oxygens (including phenoxy) is 6. The van der Waals surface area contributed by atoms with Gasteiger partial charge >= 0.3 is 0 Å². The van der Waals surface area contributed by atoms with Gasteiger partial charge in [-0.05, 0) is 105 Å². The summed E-state index contributed by atoms with van der Waals surface area (Å²) in [6.07, 6.45) is 9.13. The van der Waals surface area contributed by atoms with E-state index in [1.807, 2.05) is 36.4 Å². The van der Waals surface area contributed by atoms with Crippen LogP contribution in [-0.4, -0.2) is 0 Å². The van der Waals surface area contributed by atoms with Crippen molar-refractivity contribution >= 4 is 32.3 Å². The summed E-state index contributed by atoms with van der Waals surface area (Å²) in [5.41, 5.74) is 0. The molecule has 6 aromatic heterocycles. The zero-order chi connectivity index (χ0) is 35.8. The van der Waals surface area contributed by atoms with E-state index in [9.17, 15) is 0 Å². The topological polar surface area (TPSA) is 134 Å². The Morgan fingerprint density at radius 3 is 0.537 bits per heavy atom. The molecule has 264 valence electrons. The standard InChI is InChI=1S/C42H24O12/c1-7-37(43-13-1)49-31-19-25-26(20-32(31)50-38-8-2-14-44-38)28-22-34(52-40-10-4-16-46-40)36(54-42-12-6-18-48-42)24-30(28)29-23-35(53-41-11-5-17-47-41)33(21-27(25)29)51-39-9-3-15-45-39/h1-24H. The van der Waals surface area contributed by atoms with E-state index in [1.165, 1.54) is 37.6 Å². The van der Waals surface area contributed by atoms with E-state index >= 15 is 0 Å². The Morgan fingerprint density at radius 1 is 0.241 bits per heavy atom. The van der Waals surface area contributed by atoms with Crippen LogP contribution in [0.3, 0.4) is 0 Å². The first-order valence-electron chi connectivity index (χ1n) is 16.5. The molecule has 10 rings (SSSR count). The number of benzene rings is 4. The van der Waals surface area contributed by atoms with Crippen LogP contribution in [0.5, 0.6) is 70.2 Å². The second-order valence-electron chi connectivity index (χ2n) is 11.7. The zero-order valence-corrected chi connectivity index (χ0v) is 27.8. The lowest BCUT2D eigenvalue weighted by molar-refractivity contribution is 0.308. The van der Waals surface area contributed by atoms with Crippen LogP contribution in [0.4, 0.5) is 0 Å². The monoisotopic (exact) mass is 720 g/mol. The minimum Gasteiger partial charge on any atom is -0.434 e. The lowest BCUT2D eigenvalue weighted by Gasteiger charge is -2.18. The predicted octanol–water partition coefficient (Wildman–Crippen LogP) is 13.5. The normalized spacial score (nSPS) is 11.3. The van der Waals surface area contributed by atoms with E-state index in [1.54, 1.807) is 72.8 Å². The minimum atomic E-state index is 0.258. The second kappa shape index (κ2) is 13.0. The molecule has 0 unspecified atom stereocenters. The van der Waals surface area contributed by atoms with Crippen LogP contribution < -0.4 is 28.4 Å². The van der Waals surface area contributed by atoms with Crippen molar-refractivity contribution in [1.82, 2.24) is 0 Å². The molecule has 4 aromatic carbocycles. The highest BCUT2D eigenvalue weighted by Crippen LogP contribution is 2.50. The minimum absolute atomic E-state index is 0.258. The summed E-state index contributed by atoms with van der Waals surface area (Å²) < 4.78 is 70.9. The smallest absolute Gasteiger partial charge is 0.289 e. The summed E-state index contributed by atoms with van der Waals surface area (Å²) in [6, 6.07) is 31.8. The van der Waals surface area contributed by atoms with Gasteiger partial charge in [-0.15, -0.1) is 0 Å². The molecular formula is C42H24O12. The van der Waals surface area contributed by atoms with Crippen LogP contribution in [0.1, 0.15) is 0 Å². The summed E-state index contributed by atoms with van der Waals surface area (Å²) in [4.78, 5) is 0. The van der Waals surface area contributed by atoms with Gasteiger partial charge < -0.3 is 54.9 Å². The SMILES string of the molecule is c1coc(Oc2cc3c4cc(Oc5ccco5)c(Oc5ccco5)cc4c4cc(Oc5ccco5)c(Oc5ccco5)cc4c3cc2Oc2ccco2)c1. The van der Waals surface area contributed by atoms with Gasteiger partial charge in [0.1, 0.15) is 0 Å². The Bertz CT molecular complexity index is 2260. The maximum atomic E-state index is 6.26. The highest BCUT2D eigenvalue weighted by Gasteiger charge is 2.23. The molecule has 12 nitrogen and oxygen atoms in total. The molecule has 0 aliphatic rings. The first kappa shape index (κ1) is 30.9. The number of hydrogen-bond acceptors (Lipinski definition) is 12. The predicted molar refractivity (Wildman–Crippen MR) is 192 cm³/mol. The van der Waals surface area contributed by atoms with Gasteiger partial charge in [0.25, 0.3) is 35.7 Å². The van der Waals surface area contributed by atoms with Crippen molar-refractivity contribution in [1.29, 1.82) is 0 Å². The first-order valence-corrected chi connectivity index (χ1v) is 16.5.